The second kappa shape index (κ2) is 5.51. The molecule has 0 spiro atoms. The third kappa shape index (κ3) is 2.80. The fourth-order valence-corrected chi connectivity index (χ4v) is 2.88. The summed E-state index contributed by atoms with van der Waals surface area (Å²) in [5.74, 6) is 0. The highest BCUT2D eigenvalue weighted by Crippen LogP contribution is 2.23. The van der Waals surface area contributed by atoms with Crippen LogP contribution in [-0.4, -0.2) is 9.56 Å². The summed E-state index contributed by atoms with van der Waals surface area (Å²) in [5, 5.41) is 1.93. The molecule has 4 heteroatoms. The van der Waals surface area contributed by atoms with Crippen molar-refractivity contribution < 1.29 is 0 Å². The molecule has 0 aliphatic heterocycles. The van der Waals surface area contributed by atoms with Gasteiger partial charge in [-0.3, -0.25) is 0 Å². The van der Waals surface area contributed by atoms with E-state index >= 15 is 0 Å². The Kier molecular flexibility index (Phi) is 3.70. The van der Waals surface area contributed by atoms with Gasteiger partial charge < -0.3 is 10.3 Å². The molecule has 2 N–H and O–H groups in total. The SMILES string of the molecule is Cc1ccc(Cn2ccc3cc(C(N)=S)ccc32)c(Cl)c1. The maximum absolute atomic E-state index is 6.32. The summed E-state index contributed by atoms with van der Waals surface area (Å²) >= 11 is 11.3. The van der Waals surface area contributed by atoms with E-state index < -0.39 is 0 Å². The normalized spacial score (nSPS) is 11.0. The molecule has 0 bridgehead atoms. The van der Waals surface area contributed by atoms with E-state index in [1.807, 2.05) is 31.2 Å². The largest absolute Gasteiger partial charge is 0.389 e. The average Bonchev–Trinajstić information content (AvgIpc) is 2.84. The lowest BCUT2D eigenvalue weighted by atomic mass is 10.1. The van der Waals surface area contributed by atoms with E-state index in [0.29, 0.717) is 4.99 Å². The summed E-state index contributed by atoms with van der Waals surface area (Å²) < 4.78 is 2.18. The van der Waals surface area contributed by atoms with Crippen molar-refractivity contribution in [1.29, 1.82) is 0 Å². The quantitative estimate of drug-likeness (QED) is 0.731. The summed E-state index contributed by atoms with van der Waals surface area (Å²) in [7, 11) is 0. The van der Waals surface area contributed by atoms with Gasteiger partial charge in [-0.1, -0.05) is 36.0 Å². The Hall–Kier alpha value is -1.84. The first-order valence-electron chi connectivity index (χ1n) is 6.68. The van der Waals surface area contributed by atoms with Crippen LogP contribution in [0.25, 0.3) is 10.9 Å². The summed E-state index contributed by atoms with van der Waals surface area (Å²) in [5.41, 5.74) is 9.99. The molecule has 0 amide bonds. The van der Waals surface area contributed by atoms with Crippen molar-refractivity contribution in [3.8, 4) is 0 Å². The monoisotopic (exact) mass is 314 g/mol. The van der Waals surface area contributed by atoms with E-state index in [1.54, 1.807) is 0 Å². The number of benzene rings is 2. The predicted molar refractivity (Wildman–Crippen MR) is 93.1 cm³/mol. The van der Waals surface area contributed by atoms with Crippen molar-refractivity contribution >= 4 is 39.7 Å². The number of fused-ring (bicyclic) bond motifs is 1. The van der Waals surface area contributed by atoms with E-state index in [9.17, 15) is 0 Å². The summed E-state index contributed by atoms with van der Waals surface area (Å²) in [6, 6.07) is 14.2. The lowest BCUT2D eigenvalue weighted by molar-refractivity contribution is 0.836. The zero-order valence-electron chi connectivity index (χ0n) is 11.6. The van der Waals surface area contributed by atoms with Crippen LogP contribution in [0.4, 0.5) is 0 Å². The molecule has 21 heavy (non-hydrogen) atoms. The topological polar surface area (TPSA) is 30.9 Å². The fourth-order valence-electron chi connectivity index (χ4n) is 2.46. The number of thiocarbonyl (C=S) groups is 1. The molecule has 106 valence electrons. The zero-order valence-corrected chi connectivity index (χ0v) is 13.2. The molecule has 0 unspecified atom stereocenters. The molecule has 2 nitrogen and oxygen atoms in total. The molecular weight excluding hydrogens is 300 g/mol. The molecule has 0 aliphatic carbocycles. The maximum atomic E-state index is 6.32. The first-order chi connectivity index (χ1) is 10.0. The molecule has 0 aliphatic rings. The van der Waals surface area contributed by atoms with E-state index in [4.69, 9.17) is 29.6 Å². The number of hydrogen-bond donors (Lipinski definition) is 1. The third-order valence-electron chi connectivity index (χ3n) is 3.60. The number of nitrogens with two attached hydrogens (primary N) is 1. The van der Waals surface area contributed by atoms with E-state index in [0.717, 1.165) is 33.6 Å². The second-order valence-corrected chi connectivity index (χ2v) is 6.02. The number of aromatic nitrogens is 1. The molecule has 0 fully saturated rings. The van der Waals surface area contributed by atoms with Gasteiger partial charge in [-0.25, -0.2) is 0 Å². The van der Waals surface area contributed by atoms with Gasteiger partial charge in [0.05, 0.1) is 0 Å². The average molecular weight is 315 g/mol. The molecule has 1 aromatic heterocycles. The Morgan fingerprint density at radius 1 is 1.19 bits per heavy atom. The van der Waals surface area contributed by atoms with Gasteiger partial charge in [-0.05, 0) is 48.4 Å². The molecule has 0 saturated heterocycles. The van der Waals surface area contributed by atoms with Crippen LogP contribution in [0.3, 0.4) is 0 Å². The van der Waals surface area contributed by atoms with Gasteiger partial charge in [-0.15, -0.1) is 0 Å². The van der Waals surface area contributed by atoms with Crippen LogP contribution >= 0.6 is 23.8 Å². The van der Waals surface area contributed by atoms with Crippen LogP contribution in [0.2, 0.25) is 5.02 Å². The standard InChI is InChI=1S/C17H15ClN2S/c1-11-2-3-14(15(18)8-11)10-20-7-6-12-9-13(17(19)21)4-5-16(12)20/h2-9H,10H2,1H3,(H2,19,21). The lowest BCUT2D eigenvalue weighted by Gasteiger charge is -2.09. The van der Waals surface area contributed by atoms with Crippen molar-refractivity contribution in [2.24, 2.45) is 5.73 Å². The van der Waals surface area contributed by atoms with E-state index in [2.05, 4.69) is 29.0 Å². The van der Waals surface area contributed by atoms with Crippen molar-refractivity contribution in [2.45, 2.75) is 13.5 Å². The highest BCUT2D eigenvalue weighted by Gasteiger charge is 2.06. The van der Waals surface area contributed by atoms with E-state index in [1.165, 1.54) is 5.56 Å². The maximum Gasteiger partial charge on any atom is 0.104 e. The number of hydrogen-bond acceptors (Lipinski definition) is 1. The Bertz CT molecular complexity index is 836. The minimum atomic E-state index is 0.422. The lowest BCUT2D eigenvalue weighted by Crippen LogP contribution is -2.08. The van der Waals surface area contributed by atoms with Crippen LogP contribution in [0.15, 0.2) is 48.7 Å². The highest BCUT2D eigenvalue weighted by atomic mass is 35.5. The molecule has 3 rings (SSSR count). The Balaban J connectivity index is 1.99. The van der Waals surface area contributed by atoms with Gasteiger partial charge in [0.1, 0.15) is 4.99 Å². The number of halogens is 1. The van der Waals surface area contributed by atoms with Gasteiger partial charge in [-0.2, -0.15) is 0 Å². The molecule has 0 radical (unpaired) electrons. The molecular formula is C17H15ClN2S. The van der Waals surface area contributed by atoms with Gasteiger partial charge in [0, 0.05) is 34.2 Å². The Morgan fingerprint density at radius 3 is 2.71 bits per heavy atom. The van der Waals surface area contributed by atoms with Gasteiger partial charge in [0.25, 0.3) is 0 Å². The van der Waals surface area contributed by atoms with E-state index in [-0.39, 0.29) is 0 Å². The van der Waals surface area contributed by atoms with Gasteiger partial charge >= 0.3 is 0 Å². The molecule has 0 atom stereocenters. The third-order valence-corrected chi connectivity index (χ3v) is 4.19. The number of aryl methyl sites for hydroxylation is 1. The Morgan fingerprint density at radius 2 is 2.00 bits per heavy atom. The van der Waals surface area contributed by atoms with Gasteiger partial charge in [0.15, 0.2) is 0 Å². The molecule has 1 heterocycles. The van der Waals surface area contributed by atoms with Crippen LogP contribution in [0.5, 0.6) is 0 Å². The first-order valence-corrected chi connectivity index (χ1v) is 7.47. The van der Waals surface area contributed by atoms with Crippen molar-refractivity contribution in [3.05, 3.63) is 70.4 Å². The fraction of sp³-hybridized carbons (Fsp3) is 0.118. The minimum absolute atomic E-state index is 0.422. The first kappa shape index (κ1) is 14.1. The zero-order chi connectivity index (χ0) is 15.0. The summed E-state index contributed by atoms with van der Waals surface area (Å²) in [6.45, 7) is 2.78. The van der Waals surface area contributed by atoms with Crippen molar-refractivity contribution in [2.75, 3.05) is 0 Å². The molecule has 0 saturated carbocycles. The van der Waals surface area contributed by atoms with Gasteiger partial charge in [0.2, 0.25) is 0 Å². The minimum Gasteiger partial charge on any atom is -0.389 e. The number of nitrogens with zero attached hydrogens (tertiary/aromatic N) is 1. The van der Waals surface area contributed by atoms with Crippen LogP contribution < -0.4 is 5.73 Å². The number of rotatable bonds is 3. The molecule has 3 aromatic rings. The van der Waals surface area contributed by atoms with Crippen molar-refractivity contribution in [1.82, 2.24) is 4.57 Å². The van der Waals surface area contributed by atoms with Crippen LogP contribution in [-0.2, 0) is 6.54 Å². The smallest absolute Gasteiger partial charge is 0.104 e. The summed E-state index contributed by atoms with van der Waals surface area (Å²) in [6.07, 6.45) is 2.06. The summed E-state index contributed by atoms with van der Waals surface area (Å²) in [4.78, 5) is 0.422. The van der Waals surface area contributed by atoms with Crippen LogP contribution in [0, 0.1) is 6.92 Å². The second-order valence-electron chi connectivity index (χ2n) is 5.18. The van der Waals surface area contributed by atoms with Crippen LogP contribution in [0.1, 0.15) is 16.7 Å². The Labute approximate surface area is 134 Å². The van der Waals surface area contributed by atoms with Crippen molar-refractivity contribution in [3.63, 3.8) is 0 Å². The molecule has 2 aromatic carbocycles. The predicted octanol–water partition coefficient (Wildman–Crippen LogP) is 4.29. The highest BCUT2D eigenvalue weighted by molar-refractivity contribution is 7.80.